The van der Waals surface area contributed by atoms with Gasteiger partial charge in [0.2, 0.25) is 5.79 Å². The van der Waals surface area contributed by atoms with Crippen molar-refractivity contribution in [2.75, 3.05) is 0 Å². The Bertz CT molecular complexity index is 259. The van der Waals surface area contributed by atoms with Gasteiger partial charge in [0.05, 0.1) is 0 Å². The summed E-state index contributed by atoms with van der Waals surface area (Å²) in [5.41, 5.74) is 0. The Labute approximate surface area is 82.7 Å². The monoisotopic (exact) mass is 228 g/mol. The van der Waals surface area contributed by atoms with Crippen molar-refractivity contribution in [1.82, 2.24) is 0 Å². The molecule has 90 valence electrons. The van der Waals surface area contributed by atoms with Crippen molar-refractivity contribution >= 4 is 0 Å². The van der Waals surface area contributed by atoms with Gasteiger partial charge >= 0.3 is 0 Å². The molecular formula is C6H12O9. The van der Waals surface area contributed by atoms with Gasteiger partial charge in [-0.25, -0.2) is 0 Å². The first-order valence-electron chi connectivity index (χ1n) is 3.85. The van der Waals surface area contributed by atoms with Crippen LogP contribution in [0.3, 0.4) is 0 Å². The van der Waals surface area contributed by atoms with Gasteiger partial charge in [-0.3, -0.25) is 0 Å². The van der Waals surface area contributed by atoms with Crippen molar-refractivity contribution in [1.29, 1.82) is 0 Å². The van der Waals surface area contributed by atoms with Crippen LogP contribution in [0.4, 0.5) is 0 Å². The molecule has 15 heavy (non-hydrogen) atoms. The standard InChI is InChI=1S/C6H12O9/c7-1-2(8)5(12,13)6(14,15)3(9)4(1,10)11/h1-3,7-15H/t1-,2-,3-/m0/s1. The van der Waals surface area contributed by atoms with Crippen LogP contribution in [0.15, 0.2) is 0 Å². The molecule has 0 saturated heterocycles. The summed E-state index contributed by atoms with van der Waals surface area (Å²) < 4.78 is 0. The van der Waals surface area contributed by atoms with E-state index in [4.69, 9.17) is 46.0 Å². The van der Waals surface area contributed by atoms with E-state index < -0.39 is 35.7 Å². The van der Waals surface area contributed by atoms with Gasteiger partial charge in [0.15, 0.2) is 6.10 Å². The smallest absolute Gasteiger partial charge is 0.253 e. The number of rotatable bonds is 0. The summed E-state index contributed by atoms with van der Waals surface area (Å²) in [6, 6.07) is 0. The fourth-order valence-electron chi connectivity index (χ4n) is 1.33. The normalized spacial score (nSPS) is 42.6. The number of aliphatic hydroxyl groups is 9. The second-order valence-corrected chi connectivity index (χ2v) is 3.53. The summed E-state index contributed by atoms with van der Waals surface area (Å²) >= 11 is 0. The third kappa shape index (κ3) is 1.38. The van der Waals surface area contributed by atoms with Crippen LogP contribution >= 0.6 is 0 Å². The van der Waals surface area contributed by atoms with E-state index in [-0.39, 0.29) is 0 Å². The second-order valence-electron chi connectivity index (χ2n) is 3.53. The molecule has 0 aromatic heterocycles. The maximum Gasteiger partial charge on any atom is 0.253 e. The summed E-state index contributed by atoms with van der Waals surface area (Å²) in [5, 5.41) is 81.0. The number of aliphatic hydroxyl groups excluding tert-OH is 3. The van der Waals surface area contributed by atoms with E-state index in [9.17, 15) is 0 Å². The summed E-state index contributed by atoms with van der Waals surface area (Å²) in [7, 11) is 0. The first kappa shape index (κ1) is 12.7. The van der Waals surface area contributed by atoms with Gasteiger partial charge in [-0.15, -0.1) is 0 Å². The Morgan fingerprint density at radius 1 is 0.600 bits per heavy atom. The highest BCUT2D eigenvalue weighted by Crippen LogP contribution is 2.38. The van der Waals surface area contributed by atoms with Crippen molar-refractivity contribution < 1.29 is 46.0 Å². The lowest BCUT2D eigenvalue weighted by molar-refractivity contribution is -0.482. The van der Waals surface area contributed by atoms with Gasteiger partial charge in [0, 0.05) is 0 Å². The van der Waals surface area contributed by atoms with Gasteiger partial charge < -0.3 is 46.0 Å². The fourth-order valence-corrected chi connectivity index (χ4v) is 1.33. The zero-order valence-corrected chi connectivity index (χ0v) is 7.26. The molecule has 9 N–H and O–H groups in total. The molecule has 0 heterocycles. The van der Waals surface area contributed by atoms with E-state index in [2.05, 4.69) is 0 Å². The lowest BCUT2D eigenvalue weighted by atomic mass is 9.77. The van der Waals surface area contributed by atoms with Crippen LogP contribution in [0, 0.1) is 0 Å². The Kier molecular flexibility index (Phi) is 2.60. The van der Waals surface area contributed by atoms with Crippen LogP contribution < -0.4 is 0 Å². The quantitative estimate of drug-likeness (QED) is 0.182. The highest BCUT2D eigenvalue weighted by Gasteiger charge is 2.72. The molecular weight excluding hydrogens is 216 g/mol. The van der Waals surface area contributed by atoms with E-state index >= 15 is 0 Å². The molecule has 0 aromatic carbocycles. The Hall–Kier alpha value is -0.360. The first-order valence-corrected chi connectivity index (χ1v) is 3.85. The largest absolute Gasteiger partial charge is 0.384 e. The van der Waals surface area contributed by atoms with Crippen molar-refractivity contribution in [3.8, 4) is 0 Å². The number of hydrogen-bond donors (Lipinski definition) is 9. The third-order valence-corrected chi connectivity index (χ3v) is 2.47. The van der Waals surface area contributed by atoms with E-state index in [0.29, 0.717) is 0 Å². The molecule has 0 amide bonds. The Balaban J connectivity index is 3.24. The van der Waals surface area contributed by atoms with Gasteiger partial charge in [-0.05, 0) is 0 Å². The minimum absolute atomic E-state index is 2.60. The summed E-state index contributed by atoms with van der Waals surface area (Å²) in [6.45, 7) is 0. The molecule has 1 fully saturated rings. The van der Waals surface area contributed by atoms with Crippen LogP contribution in [0.25, 0.3) is 0 Å². The molecule has 0 radical (unpaired) electrons. The molecule has 9 heteroatoms. The first-order chi connectivity index (χ1) is 6.47. The maximum absolute atomic E-state index is 9.01. The molecule has 0 aliphatic heterocycles. The summed E-state index contributed by atoms with van der Waals surface area (Å²) in [4.78, 5) is 0. The van der Waals surface area contributed by atoms with Gasteiger partial charge in [-0.1, -0.05) is 0 Å². The molecule has 1 saturated carbocycles. The molecule has 1 aliphatic rings. The molecule has 0 unspecified atom stereocenters. The highest BCUT2D eigenvalue weighted by molar-refractivity contribution is 5.10. The molecule has 9 nitrogen and oxygen atoms in total. The zero-order chi connectivity index (χ0) is 12.2. The minimum Gasteiger partial charge on any atom is -0.384 e. The van der Waals surface area contributed by atoms with Gasteiger partial charge in [0.25, 0.3) is 11.6 Å². The van der Waals surface area contributed by atoms with Crippen LogP contribution in [0.1, 0.15) is 0 Å². The van der Waals surface area contributed by atoms with Crippen molar-refractivity contribution in [2.24, 2.45) is 0 Å². The predicted molar refractivity (Wildman–Crippen MR) is 39.5 cm³/mol. The maximum atomic E-state index is 9.01. The van der Waals surface area contributed by atoms with Gasteiger partial charge in [0.1, 0.15) is 12.2 Å². The zero-order valence-electron chi connectivity index (χ0n) is 7.26. The van der Waals surface area contributed by atoms with Gasteiger partial charge in [-0.2, -0.15) is 0 Å². The molecule has 1 aliphatic carbocycles. The van der Waals surface area contributed by atoms with Crippen molar-refractivity contribution in [2.45, 2.75) is 35.7 Å². The van der Waals surface area contributed by atoms with Crippen LogP contribution in [-0.2, 0) is 0 Å². The second kappa shape index (κ2) is 3.07. The average molecular weight is 228 g/mol. The SMILES string of the molecule is O[C@H]1[C@H](O)C(O)(O)C(O)(O)[C@@H](O)C1(O)O. The van der Waals surface area contributed by atoms with Crippen LogP contribution in [0.5, 0.6) is 0 Å². The molecule has 1 rings (SSSR count). The van der Waals surface area contributed by atoms with E-state index in [1.165, 1.54) is 0 Å². The lowest BCUT2D eigenvalue weighted by Crippen LogP contribution is -2.82. The average Bonchev–Trinajstić information content (AvgIpc) is 2.12. The topological polar surface area (TPSA) is 182 Å². The lowest BCUT2D eigenvalue weighted by Gasteiger charge is -2.51. The highest BCUT2D eigenvalue weighted by atomic mass is 16.6. The third-order valence-electron chi connectivity index (χ3n) is 2.47. The van der Waals surface area contributed by atoms with Crippen LogP contribution in [0.2, 0.25) is 0 Å². The number of hydrogen-bond acceptors (Lipinski definition) is 9. The fraction of sp³-hybridized carbons (Fsp3) is 1.00. The summed E-state index contributed by atoms with van der Waals surface area (Å²) in [5.74, 6) is -11.0. The van der Waals surface area contributed by atoms with E-state index in [1.807, 2.05) is 0 Å². The van der Waals surface area contributed by atoms with E-state index in [1.54, 1.807) is 0 Å². The molecule has 3 atom stereocenters. The molecule has 0 spiro atoms. The Morgan fingerprint density at radius 2 is 1.00 bits per heavy atom. The van der Waals surface area contributed by atoms with Crippen molar-refractivity contribution in [3.05, 3.63) is 0 Å². The predicted octanol–water partition coefficient (Wildman–Crippen LogP) is -5.87. The van der Waals surface area contributed by atoms with E-state index in [0.717, 1.165) is 0 Å². The summed E-state index contributed by atoms with van der Waals surface area (Å²) in [6.07, 6.45) is -8.22. The molecule has 0 aromatic rings. The van der Waals surface area contributed by atoms with Crippen molar-refractivity contribution in [3.63, 3.8) is 0 Å². The minimum atomic E-state index is -3.82. The molecule has 0 bridgehead atoms. The Morgan fingerprint density at radius 3 is 1.40 bits per heavy atom. The van der Waals surface area contributed by atoms with Crippen LogP contribution in [-0.4, -0.2) is 81.6 Å².